The predicted octanol–water partition coefficient (Wildman–Crippen LogP) is 2.59. The molecule has 0 saturated heterocycles. The van der Waals surface area contributed by atoms with Crippen LogP contribution >= 0.6 is 0 Å². The Hall–Kier alpha value is -1.70. The summed E-state index contributed by atoms with van der Waals surface area (Å²) in [6.07, 6.45) is 8.92. The molecule has 0 aliphatic carbocycles. The van der Waals surface area contributed by atoms with Crippen LogP contribution in [0, 0.1) is 0 Å². The quantitative estimate of drug-likeness (QED) is 0.643. The van der Waals surface area contributed by atoms with E-state index in [-0.39, 0.29) is 0 Å². The topological polar surface area (TPSA) is 25.2 Å². The van der Waals surface area contributed by atoms with Gasteiger partial charge in [0.2, 0.25) is 0 Å². The van der Waals surface area contributed by atoms with Gasteiger partial charge in [-0.1, -0.05) is 12.7 Å². The summed E-state index contributed by atoms with van der Waals surface area (Å²) in [7, 11) is 0. The molecule has 1 aromatic heterocycles. The Kier molecular flexibility index (Phi) is 3.64. The average molecular weight is 172 g/mol. The van der Waals surface area contributed by atoms with Crippen molar-refractivity contribution < 1.29 is 0 Å². The van der Waals surface area contributed by atoms with Crippen molar-refractivity contribution in [3.63, 3.8) is 0 Å². The second-order valence-corrected chi connectivity index (χ2v) is 2.43. The van der Waals surface area contributed by atoms with E-state index in [4.69, 9.17) is 0 Å². The molecule has 0 aliphatic heterocycles. The number of hydrogen-bond acceptors (Lipinski definition) is 2. The van der Waals surface area contributed by atoms with E-state index in [0.29, 0.717) is 0 Å². The molecule has 0 unspecified atom stereocenters. The third kappa shape index (κ3) is 2.67. The molecule has 0 amide bonds. The summed E-state index contributed by atoms with van der Waals surface area (Å²) in [5.74, 6) is 0. The molecule has 2 nitrogen and oxygen atoms in total. The van der Waals surface area contributed by atoms with Crippen molar-refractivity contribution in [1.82, 2.24) is 4.98 Å². The van der Waals surface area contributed by atoms with Gasteiger partial charge in [-0.2, -0.15) is 0 Å². The number of aromatic nitrogens is 1. The van der Waals surface area contributed by atoms with Crippen LogP contribution in [-0.4, -0.2) is 10.7 Å². The van der Waals surface area contributed by atoms with Gasteiger partial charge in [0.25, 0.3) is 0 Å². The highest BCUT2D eigenvalue weighted by Gasteiger charge is 1.95. The Labute approximate surface area is 78.4 Å². The molecule has 13 heavy (non-hydrogen) atoms. The summed E-state index contributed by atoms with van der Waals surface area (Å²) in [4.78, 5) is 8.09. The molecule has 0 aliphatic rings. The second-order valence-electron chi connectivity index (χ2n) is 2.43. The summed E-state index contributed by atoms with van der Waals surface area (Å²) >= 11 is 0. The minimum absolute atomic E-state index is 0.903. The highest BCUT2D eigenvalue weighted by molar-refractivity contribution is 6.08. The second kappa shape index (κ2) is 5.04. The van der Waals surface area contributed by atoms with Gasteiger partial charge in [0.15, 0.2) is 0 Å². The van der Waals surface area contributed by atoms with Gasteiger partial charge in [0, 0.05) is 24.2 Å². The Bertz CT molecular complexity index is 323. The standard InChI is InChI=1S/C11H12N2/c1-3-5-11(13-4-2)10-6-8-12-9-7-10/h3-9H,2H2,1H3/b5-3-,13-11?. The molecule has 0 aromatic carbocycles. The van der Waals surface area contributed by atoms with Crippen molar-refractivity contribution in [2.24, 2.45) is 4.99 Å². The summed E-state index contributed by atoms with van der Waals surface area (Å²) in [6.45, 7) is 5.53. The van der Waals surface area contributed by atoms with E-state index in [1.807, 2.05) is 31.2 Å². The highest BCUT2D eigenvalue weighted by atomic mass is 14.7. The van der Waals surface area contributed by atoms with E-state index < -0.39 is 0 Å². The minimum atomic E-state index is 0.903. The monoisotopic (exact) mass is 172 g/mol. The van der Waals surface area contributed by atoms with Gasteiger partial charge in [-0.3, -0.25) is 9.98 Å². The lowest BCUT2D eigenvalue weighted by Crippen LogP contribution is -1.95. The van der Waals surface area contributed by atoms with Crippen LogP contribution in [0.1, 0.15) is 12.5 Å². The van der Waals surface area contributed by atoms with Crippen LogP contribution in [-0.2, 0) is 0 Å². The molecule has 1 heterocycles. The number of pyridine rings is 1. The van der Waals surface area contributed by atoms with E-state index in [2.05, 4.69) is 16.6 Å². The van der Waals surface area contributed by atoms with Crippen LogP contribution in [0.2, 0.25) is 0 Å². The lowest BCUT2D eigenvalue weighted by Gasteiger charge is -1.98. The molecular formula is C11H12N2. The zero-order chi connectivity index (χ0) is 9.52. The highest BCUT2D eigenvalue weighted by Crippen LogP contribution is 2.01. The van der Waals surface area contributed by atoms with Crippen molar-refractivity contribution in [3.05, 3.63) is 55.0 Å². The fourth-order valence-electron chi connectivity index (χ4n) is 0.993. The molecule has 0 saturated carbocycles. The normalized spacial score (nSPS) is 11.9. The van der Waals surface area contributed by atoms with Crippen molar-refractivity contribution in [3.8, 4) is 0 Å². The van der Waals surface area contributed by atoms with Crippen molar-refractivity contribution >= 4 is 5.71 Å². The third-order valence-corrected chi connectivity index (χ3v) is 1.53. The maximum absolute atomic E-state index is 4.15. The maximum atomic E-state index is 4.15. The van der Waals surface area contributed by atoms with Gasteiger partial charge in [0.05, 0.1) is 5.71 Å². The largest absolute Gasteiger partial charge is 0.265 e. The van der Waals surface area contributed by atoms with Crippen LogP contribution in [0.15, 0.2) is 54.4 Å². The van der Waals surface area contributed by atoms with Crippen molar-refractivity contribution in [1.29, 1.82) is 0 Å². The average Bonchev–Trinajstić information content (AvgIpc) is 2.19. The van der Waals surface area contributed by atoms with Gasteiger partial charge in [-0.25, -0.2) is 0 Å². The first-order chi connectivity index (χ1) is 6.38. The molecule has 66 valence electrons. The first-order valence-electron chi connectivity index (χ1n) is 4.10. The number of allylic oxidation sites excluding steroid dienone is 2. The maximum Gasteiger partial charge on any atom is 0.0699 e. The number of rotatable bonds is 3. The van der Waals surface area contributed by atoms with E-state index in [9.17, 15) is 0 Å². The lowest BCUT2D eigenvalue weighted by molar-refractivity contribution is 1.32. The Balaban J connectivity index is 3.03. The molecule has 0 radical (unpaired) electrons. The summed E-state index contributed by atoms with van der Waals surface area (Å²) in [5.41, 5.74) is 1.95. The number of nitrogens with zero attached hydrogens (tertiary/aromatic N) is 2. The van der Waals surface area contributed by atoms with Gasteiger partial charge in [-0.05, 0) is 25.1 Å². The molecule has 0 spiro atoms. The smallest absolute Gasteiger partial charge is 0.0699 e. The predicted molar refractivity (Wildman–Crippen MR) is 55.8 cm³/mol. The van der Waals surface area contributed by atoms with Crippen LogP contribution in [0.3, 0.4) is 0 Å². The van der Waals surface area contributed by atoms with Crippen LogP contribution in [0.5, 0.6) is 0 Å². The van der Waals surface area contributed by atoms with E-state index in [0.717, 1.165) is 11.3 Å². The Morgan fingerprint density at radius 1 is 1.46 bits per heavy atom. The van der Waals surface area contributed by atoms with Crippen LogP contribution in [0.4, 0.5) is 0 Å². The molecule has 2 heteroatoms. The first kappa shape index (κ1) is 9.39. The van der Waals surface area contributed by atoms with E-state index in [1.54, 1.807) is 12.4 Å². The van der Waals surface area contributed by atoms with Crippen LogP contribution in [0.25, 0.3) is 0 Å². The van der Waals surface area contributed by atoms with Gasteiger partial charge >= 0.3 is 0 Å². The third-order valence-electron chi connectivity index (χ3n) is 1.53. The van der Waals surface area contributed by atoms with Crippen molar-refractivity contribution in [2.45, 2.75) is 6.92 Å². The first-order valence-corrected chi connectivity index (χ1v) is 4.10. The molecule has 1 aromatic rings. The van der Waals surface area contributed by atoms with E-state index in [1.165, 1.54) is 6.20 Å². The Morgan fingerprint density at radius 2 is 2.15 bits per heavy atom. The van der Waals surface area contributed by atoms with E-state index >= 15 is 0 Å². The Morgan fingerprint density at radius 3 is 2.69 bits per heavy atom. The minimum Gasteiger partial charge on any atom is -0.265 e. The fraction of sp³-hybridized carbons (Fsp3) is 0.0909. The summed E-state index contributed by atoms with van der Waals surface area (Å²) in [5, 5.41) is 0. The lowest BCUT2D eigenvalue weighted by atomic mass is 10.1. The molecule has 0 bridgehead atoms. The zero-order valence-electron chi connectivity index (χ0n) is 7.64. The number of aliphatic imine (C=N–C) groups is 1. The van der Waals surface area contributed by atoms with Gasteiger partial charge in [0.1, 0.15) is 0 Å². The van der Waals surface area contributed by atoms with Gasteiger partial charge in [-0.15, -0.1) is 0 Å². The van der Waals surface area contributed by atoms with Crippen molar-refractivity contribution in [2.75, 3.05) is 0 Å². The number of hydrogen-bond donors (Lipinski definition) is 0. The molecular weight excluding hydrogens is 160 g/mol. The molecule has 1 rings (SSSR count). The molecule has 0 N–H and O–H groups in total. The van der Waals surface area contributed by atoms with Gasteiger partial charge < -0.3 is 0 Å². The molecule has 0 atom stereocenters. The summed E-state index contributed by atoms with van der Waals surface area (Å²) in [6, 6.07) is 3.84. The fourth-order valence-corrected chi connectivity index (χ4v) is 0.993. The van der Waals surface area contributed by atoms with Crippen LogP contribution < -0.4 is 0 Å². The molecule has 0 fully saturated rings. The summed E-state index contributed by atoms with van der Waals surface area (Å²) < 4.78 is 0. The SMILES string of the molecule is C=CN=C(/C=C\C)c1ccncc1. The zero-order valence-corrected chi connectivity index (χ0v) is 7.64.